The van der Waals surface area contributed by atoms with Crippen molar-refractivity contribution in [2.75, 3.05) is 13.6 Å². The van der Waals surface area contributed by atoms with E-state index in [2.05, 4.69) is 12.2 Å². The fourth-order valence-electron chi connectivity index (χ4n) is 1.82. The third-order valence-electron chi connectivity index (χ3n) is 2.79. The smallest absolute Gasteiger partial charge is 0.237 e. The van der Waals surface area contributed by atoms with Crippen molar-refractivity contribution in [1.82, 2.24) is 10.2 Å². The van der Waals surface area contributed by atoms with Crippen molar-refractivity contribution in [3.63, 3.8) is 0 Å². The van der Waals surface area contributed by atoms with Crippen LogP contribution in [0.3, 0.4) is 0 Å². The molecule has 0 aliphatic rings. The lowest BCUT2D eigenvalue weighted by atomic mass is 10.1. The number of nitrogens with one attached hydrogen (secondary N) is 1. The molecular formula is C13H28N2O2. The van der Waals surface area contributed by atoms with Gasteiger partial charge in [-0.25, -0.2) is 0 Å². The highest BCUT2D eigenvalue weighted by molar-refractivity contribution is 5.81. The van der Waals surface area contributed by atoms with E-state index < -0.39 is 5.60 Å². The SMILES string of the molecule is CCCC(C)NC(=O)C(C)N(C)CC(C)(C)O. The summed E-state index contributed by atoms with van der Waals surface area (Å²) in [4.78, 5) is 13.8. The van der Waals surface area contributed by atoms with E-state index in [4.69, 9.17) is 0 Å². The number of nitrogens with zero attached hydrogens (tertiary/aromatic N) is 1. The highest BCUT2D eigenvalue weighted by atomic mass is 16.3. The summed E-state index contributed by atoms with van der Waals surface area (Å²) in [6.07, 6.45) is 2.06. The Hall–Kier alpha value is -0.610. The fraction of sp³-hybridized carbons (Fsp3) is 0.923. The topological polar surface area (TPSA) is 52.6 Å². The van der Waals surface area contributed by atoms with Gasteiger partial charge in [0.15, 0.2) is 0 Å². The molecule has 0 aromatic carbocycles. The van der Waals surface area contributed by atoms with E-state index in [0.717, 1.165) is 12.8 Å². The molecule has 0 heterocycles. The third-order valence-corrected chi connectivity index (χ3v) is 2.79. The molecule has 0 radical (unpaired) electrons. The number of carbonyl (C=O) groups excluding carboxylic acids is 1. The van der Waals surface area contributed by atoms with Crippen LogP contribution in [-0.4, -0.2) is 47.2 Å². The Bertz CT molecular complexity index is 236. The zero-order chi connectivity index (χ0) is 13.6. The Morgan fingerprint density at radius 3 is 2.35 bits per heavy atom. The zero-order valence-corrected chi connectivity index (χ0v) is 12.1. The first-order valence-electron chi connectivity index (χ1n) is 6.40. The fourth-order valence-corrected chi connectivity index (χ4v) is 1.82. The molecule has 0 saturated heterocycles. The first-order chi connectivity index (χ1) is 7.67. The Morgan fingerprint density at radius 1 is 1.41 bits per heavy atom. The molecular weight excluding hydrogens is 216 g/mol. The van der Waals surface area contributed by atoms with Gasteiger partial charge >= 0.3 is 0 Å². The van der Waals surface area contributed by atoms with Gasteiger partial charge in [-0.05, 0) is 41.2 Å². The van der Waals surface area contributed by atoms with Crippen molar-refractivity contribution in [2.24, 2.45) is 0 Å². The second-order valence-electron chi connectivity index (χ2n) is 5.60. The summed E-state index contributed by atoms with van der Waals surface area (Å²) in [6.45, 7) is 9.95. The van der Waals surface area contributed by atoms with Gasteiger partial charge in [0.25, 0.3) is 0 Å². The van der Waals surface area contributed by atoms with E-state index in [9.17, 15) is 9.90 Å². The van der Waals surface area contributed by atoms with Crippen LogP contribution in [0.25, 0.3) is 0 Å². The number of carbonyl (C=O) groups is 1. The lowest BCUT2D eigenvalue weighted by Gasteiger charge is -2.30. The van der Waals surface area contributed by atoms with Gasteiger partial charge in [0.05, 0.1) is 11.6 Å². The first kappa shape index (κ1) is 16.4. The maximum Gasteiger partial charge on any atom is 0.237 e. The van der Waals surface area contributed by atoms with E-state index in [1.165, 1.54) is 0 Å². The summed E-state index contributed by atoms with van der Waals surface area (Å²) in [5.41, 5.74) is -0.779. The molecule has 0 aromatic heterocycles. The number of aliphatic hydroxyl groups is 1. The van der Waals surface area contributed by atoms with Gasteiger partial charge in [0.2, 0.25) is 5.91 Å². The van der Waals surface area contributed by atoms with E-state index in [1.807, 2.05) is 25.8 Å². The van der Waals surface area contributed by atoms with Gasteiger partial charge in [-0.15, -0.1) is 0 Å². The predicted octanol–water partition coefficient (Wildman–Crippen LogP) is 1.38. The number of hydrogen-bond acceptors (Lipinski definition) is 3. The maximum absolute atomic E-state index is 11.9. The van der Waals surface area contributed by atoms with Crippen LogP contribution in [0.4, 0.5) is 0 Å². The molecule has 0 saturated carbocycles. The van der Waals surface area contributed by atoms with Crippen LogP contribution in [0.15, 0.2) is 0 Å². The van der Waals surface area contributed by atoms with Gasteiger partial charge in [-0.2, -0.15) is 0 Å². The molecule has 0 fully saturated rings. The quantitative estimate of drug-likeness (QED) is 0.711. The van der Waals surface area contributed by atoms with Crippen molar-refractivity contribution in [3.05, 3.63) is 0 Å². The van der Waals surface area contributed by atoms with Crippen LogP contribution in [-0.2, 0) is 4.79 Å². The molecule has 0 bridgehead atoms. The number of hydrogen-bond donors (Lipinski definition) is 2. The summed E-state index contributed by atoms with van der Waals surface area (Å²) >= 11 is 0. The van der Waals surface area contributed by atoms with Gasteiger partial charge in [-0.3, -0.25) is 9.69 Å². The average molecular weight is 244 g/mol. The summed E-state index contributed by atoms with van der Waals surface area (Å²) < 4.78 is 0. The van der Waals surface area contributed by atoms with Crippen LogP contribution < -0.4 is 5.32 Å². The molecule has 102 valence electrons. The molecule has 0 aliphatic carbocycles. The first-order valence-corrected chi connectivity index (χ1v) is 6.40. The van der Waals surface area contributed by atoms with Gasteiger partial charge < -0.3 is 10.4 Å². The van der Waals surface area contributed by atoms with Crippen LogP contribution in [0, 0.1) is 0 Å². The molecule has 2 N–H and O–H groups in total. The molecule has 2 atom stereocenters. The number of amides is 1. The Balaban J connectivity index is 4.20. The Labute approximate surface area is 105 Å². The van der Waals surface area contributed by atoms with Crippen molar-refractivity contribution >= 4 is 5.91 Å². The third kappa shape index (κ3) is 7.34. The summed E-state index contributed by atoms with van der Waals surface area (Å²) in [6, 6.07) is -0.00813. The normalized spacial score (nSPS) is 15.8. The van der Waals surface area contributed by atoms with Crippen LogP contribution in [0.1, 0.15) is 47.5 Å². The monoisotopic (exact) mass is 244 g/mol. The molecule has 0 rings (SSSR count). The zero-order valence-electron chi connectivity index (χ0n) is 12.1. The molecule has 17 heavy (non-hydrogen) atoms. The minimum Gasteiger partial charge on any atom is -0.389 e. The summed E-state index contributed by atoms with van der Waals surface area (Å²) in [7, 11) is 1.85. The molecule has 4 heteroatoms. The van der Waals surface area contributed by atoms with E-state index in [-0.39, 0.29) is 18.0 Å². The highest BCUT2D eigenvalue weighted by Crippen LogP contribution is 2.07. The average Bonchev–Trinajstić information content (AvgIpc) is 2.13. The standard InChI is InChI=1S/C13H28N2O2/c1-7-8-10(2)14-12(16)11(3)15(6)9-13(4,5)17/h10-11,17H,7-9H2,1-6H3,(H,14,16). The van der Waals surface area contributed by atoms with E-state index >= 15 is 0 Å². The van der Waals surface area contributed by atoms with Gasteiger partial charge in [0.1, 0.15) is 0 Å². The van der Waals surface area contributed by atoms with Crippen molar-refractivity contribution < 1.29 is 9.90 Å². The van der Waals surface area contributed by atoms with Crippen molar-refractivity contribution in [2.45, 2.75) is 65.1 Å². The van der Waals surface area contributed by atoms with Crippen molar-refractivity contribution in [1.29, 1.82) is 0 Å². The molecule has 0 aliphatic heterocycles. The largest absolute Gasteiger partial charge is 0.389 e. The molecule has 0 aromatic rings. The van der Waals surface area contributed by atoms with Gasteiger partial charge in [0, 0.05) is 12.6 Å². The van der Waals surface area contributed by atoms with Gasteiger partial charge in [-0.1, -0.05) is 13.3 Å². The van der Waals surface area contributed by atoms with Crippen molar-refractivity contribution in [3.8, 4) is 0 Å². The molecule has 2 unspecified atom stereocenters. The minimum atomic E-state index is -0.779. The minimum absolute atomic E-state index is 0.0256. The number of rotatable bonds is 7. The molecule has 1 amide bonds. The van der Waals surface area contributed by atoms with E-state index in [0.29, 0.717) is 6.54 Å². The lowest BCUT2D eigenvalue weighted by Crippen LogP contribution is -2.49. The summed E-state index contributed by atoms with van der Waals surface area (Å²) in [5, 5.41) is 12.7. The van der Waals surface area contributed by atoms with E-state index in [1.54, 1.807) is 13.8 Å². The van der Waals surface area contributed by atoms with Crippen LogP contribution >= 0.6 is 0 Å². The molecule has 4 nitrogen and oxygen atoms in total. The molecule has 0 spiro atoms. The maximum atomic E-state index is 11.9. The number of likely N-dealkylation sites (N-methyl/N-ethyl adjacent to an activating group) is 1. The second-order valence-corrected chi connectivity index (χ2v) is 5.60. The lowest BCUT2D eigenvalue weighted by molar-refractivity contribution is -0.126. The Morgan fingerprint density at radius 2 is 1.94 bits per heavy atom. The predicted molar refractivity (Wildman–Crippen MR) is 70.9 cm³/mol. The Kier molecular flexibility index (Phi) is 6.72. The van der Waals surface area contributed by atoms with Crippen LogP contribution in [0.5, 0.6) is 0 Å². The highest BCUT2D eigenvalue weighted by Gasteiger charge is 2.24. The second kappa shape index (κ2) is 6.97. The van der Waals surface area contributed by atoms with Crippen LogP contribution in [0.2, 0.25) is 0 Å². The summed E-state index contributed by atoms with van der Waals surface area (Å²) in [5.74, 6) is 0.0256.